The molecule has 1 heterocycles. The van der Waals surface area contributed by atoms with E-state index >= 15 is 0 Å². The summed E-state index contributed by atoms with van der Waals surface area (Å²) in [6.07, 6.45) is 0. The third kappa shape index (κ3) is 2.70. The molecular weight excluding hydrogens is 229 g/mol. The summed E-state index contributed by atoms with van der Waals surface area (Å²) in [6, 6.07) is 7.11. The third-order valence-corrected chi connectivity index (χ3v) is 2.92. The van der Waals surface area contributed by atoms with Gasteiger partial charge in [0, 0.05) is 12.2 Å². The van der Waals surface area contributed by atoms with Crippen LogP contribution in [0.1, 0.15) is 23.9 Å². The molecule has 0 aliphatic carbocycles. The van der Waals surface area contributed by atoms with E-state index in [9.17, 15) is 4.39 Å². The normalized spacial score (nSPS) is 10.7. The van der Waals surface area contributed by atoms with Crippen LogP contribution in [0.4, 0.5) is 10.1 Å². The van der Waals surface area contributed by atoms with Gasteiger partial charge in [0.1, 0.15) is 5.82 Å². The number of anilines is 1. The monoisotopic (exact) mass is 247 g/mol. The Balaban J connectivity index is 2.08. The van der Waals surface area contributed by atoms with E-state index in [2.05, 4.69) is 23.4 Å². The van der Waals surface area contributed by atoms with Crippen LogP contribution in [-0.4, -0.2) is 9.78 Å². The largest absolute Gasteiger partial charge is 0.379 e. The molecule has 0 atom stereocenters. The van der Waals surface area contributed by atoms with Gasteiger partial charge in [-0.15, -0.1) is 0 Å². The Morgan fingerprint density at radius 1 is 1.28 bits per heavy atom. The molecule has 1 aromatic carbocycles. The zero-order chi connectivity index (χ0) is 13.1. The second-order valence-electron chi connectivity index (χ2n) is 4.41. The van der Waals surface area contributed by atoms with Crippen LogP contribution in [0, 0.1) is 19.7 Å². The average Bonchev–Trinajstić information content (AvgIpc) is 2.71. The molecule has 3 nitrogen and oxygen atoms in total. The van der Waals surface area contributed by atoms with Crippen molar-refractivity contribution >= 4 is 5.69 Å². The van der Waals surface area contributed by atoms with E-state index in [1.807, 2.05) is 17.7 Å². The van der Waals surface area contributed by atoms with Crippen LogP contribution in [0.2, 0.25) is 0 Å². The number of nitrogens with zero attached hydrogens (tertiary/aromatic N) is 2. The van der Waals surface area contributed by atoms with E-state index in [1.54, 1.807) is 13.0 Å². The number of rotatable bonds is 4. The van der Waals surface area contributed by atoms with Crippen LogP contribution < -0.4 is 5.32 Å². The summed E-state index contributed by atoms with van der Waals surface area (Å²) >= 11 is 0. The molecule has 18 heavy (non-hydrogen) atoms. The lowest BCUT2D eigenvalue weighted by atomic mass is 10.2. The van der Waals surface area contributed by atoms with Gasteiger partial charge in [-0.1, -0.05) is 0 Å². The summed E-state index contributed by atoms with van der Waals surface area (Å²) in [5, 5.41) is 7.68. The van der Waals surface area contributed by atoms with Crippen LogP contribution in [0.3, 0.4) is 0 Å². The number of aryl methyl sites for hydroxylation is 3. The topological polar surface area (TPSA) is 29.9 Å². The lowest BCUT2D eigenvalue weighted by molar-refractivity contribution is 0.617. The highest BCUT2D eigenvalue weighted by Crippen LogP contribution is 2.15. The van der Waals surface area contributed by atoms with Crippen molar-refractivity contribution in [3.05, 3.63) is 47.0 Å². The molecule has 0 amide bonds. The summed E-state index contributed by atoms with van der Waals surface area (Å²) in [4.78, 5) is 0. The first-order valence-corrected chi connectivity index (χ1v) is 6.13. The molecule has 0 fully saturated rings. The van der Waals surface area contributed by atoms with Crippen molar-refractivity contribution in [3.8, 4) is 0 Å². The third-order valence-electron chi connectivity index (χ3n) is 2.92. The number of benzene rings is 1. The lowest BCUT2D eigenvalue weighted by Crippen LogP contribution is -2.08. The summed E-state index contributed by atoms with van der Waals surface area (Å²) in [5.74, 6) is -0.171. The second kappa shape index (κ2) is 5.21. The maximum atomic E-state index is 13.1. The molecule has 0 bridgehead atoms. The Morgan fingerprint density at radius 2 is 2.06 bits per heavy atom. The number of aromatic nitrogens is 2. The quantitative estimate of drug-likeness (QED) is 0.898. The molecule has 0 saturated carbocycles. The average molecular weight is 247 g/mol. The van der Waals surface area contributed by atoms with Gasteiger partial charge in [0.15, 0.2) is 0 Å². The van der Waals surface area contributed by atoms with E-state index in [0.717, 1.165) is 23.6 Å². The second-order valence-corrected chi connectivity index (χ2v) is 4.41. The molecule has 96 valence electrons. The Kier molecular flexibility index (Phi) is 3.65. The number of nitrogens with one attached hydrogen (secondary N) is 1. The maximum absolute atomic E-state index is 13.1. The molecule has 0 unspecified atom stereocenters. The molecule has 4 heteroatoms. The van der Waals surface area contributed by atoms with E-state index in [1.165, 1.54) is 6.07 Å². The standard InChI is InChI=1S/C14H18FN3/c1-4-18-13(8-11(3)17-18)9-16-12-5-6-14(15)10(2)7-12/h5-8,16H,4,9H2,1-3H3. The van der Waals surface area contributed by atoms with Crippen molar-refractivity contribution in [1.82, 2.24) is 9.78 Å². The highest BCUT2D eigenvalue weighted by molar-refractivity contribution is 5.46. The number of hydrogen-bond donors (Lipinski definition) is 1. The summed E-state index contributed by atoms with van der Waals surface area (Å²) in [7, 11) is 0. The predicted molar refractivity (Wildman–Crippen MR) is 71.1 cm³/mol. The highest BCUT2D eigenvalue weighted by Gasteiger charge is 2.04. The van der Waals surface area contributed by atoms with Crippen LogP contribution >= 0.6 is 0 Å². The van der Waals surface area contributed by atoms with Gasteiger partial charge in [0.2, 0.25) is 0 Å². The van der Waals surface area contributed by atoms with Crippen LogP contribution in [-0.2, 0) is 13.1 Å². The van der Waals surface area contributed by atoms with Crippen LogP contribution in [0.5, 0.6) is 0 Å². The lowest BCUT2D eigenvalue weighted by Gasteiger charge is -2.09. The minimum atomic E-state index is -0.171. The highest BCUT2D eigenvalue weighted by atomic mass is 19.1. The smallest absolute Gasteiger partial charge is 0.126 e. The molecule has 2 aromatic rings. The summed E-state index contributed by atoms with van der Waals surface area (Å²) in [5.41, 5.74) is 3.73. The molecule has 0 aliphatic rings. The first-order valence-electron chi connectivity index (χ1n) is 6.13. The minimum Gasteiger partial charge on any atom is -0.379 e. The molecule has 0 aliphatic heterocycles. The van der Waals surface area contributed by atoms with Gasteiger partial charge in [-0.2, -0.15) is 5.10 Å². The molecule has 0 radical (unpaired) electrons. The predicted octanol–water partition coefficient (Wildman–Crippen LogP) is 3.27. The van der Waals surface area contributed by atoms with E-state index < -0.39 is 0 Å². The Labute approximate surface area is 107 Å². The van der Waals surface area contributed by atoms with Crippen molar-refractivity contribution < 1.29 is 4.39 Å². The fourth-order valence-electron chi connectivity index (χ4n) is 1.96. The van der Waals surface area contributed by atoms with Gasteiger partial charge >= 0.3 is 0 Å². The first kappa shape index (κ1) is 12.6. The number of halogens is 1. The first-order chi connectivity index (χ1) is 8.60. The van der Waals surface area contributed by atoms with Crippen LogP contribution in [0.15, 0.2) is 24.3 Å². The Hall–Kier alpha value is -1.84. The van der Waals surface area contributed by atoms with Gasteiger partial charge in [-0.3, -0.25) is 4.68 Å². The van der Waals surface area contributed by atoms with E-state index in [4.69, 9.17) is 0 Å². The molecular formula is C14H18FN3. The Bertz CT molecular complexity index is 546. The van der Waals surface area contributed by atoms with Gasteiger partial charge < -0.3 is 5.32 Å². The van der Waals surface area contributed by atoms with Gasteiger partial charge in [-0.05, 0) is 50.6 Å². The van der Waals surface area contributed by atoms with Gasteiger partial charge in [0.05, 0.1) is 17.9 Å². The zero-order valence-corrected chi connectivity index (χ0v) is 11.0. The van der Waals surface area contributed by atoms with Crippen molar-refractivity contribution in [2.45, 2.75) is 33.9 Å². The molecule has 1 aromatic heterocycles. The Morgan fingerprint density at radius 3 is 2.72 bits per heavy atom. The van der Waals surface area contributed by atoms with Crippen molar-refractivity contribution in [2.24, 2.45) is 0 Å². The van der Waals surface area contributed by atoms with Crippen molar-refractivity contribution in [2.75, 3.05) is 5.32 Å². The van der Waals surface area contributed by atoms with E-state index in [0.29, 0.717) is 12.1 Å². The van der Waals surface area contributed by atoms with Crippen LogP contribution in [0.25, 0.3) is 0 Å². The maximum Gasteiger partial charge on any atom is 0.126 e. The molecule has 0 saturated heterocycles. The van der Waals surface area contributed by atoms with E-state index in [-0.39, 0.29) is 5.82 Å². The zero-order valence-electron chi connectivity index (χ0n) is 11.0. The van der Waals surface area contributed by atoms with Gasteiger partial charge in [0.25, 0.3) is 0 Å². The minimum absolute atomic E-state index is 0.171. The summed E-state index contributed by atoms with van der Waals surface area (Å²) in [6.45, 7) is 7.36. The molecule has 2 rings (SSSR count). The fourth-order valence-corrected chi connectivity index (χ4v) is 1.96. The fraction of sp³-hybridized carbons (Fsp3) is 0.357. The molecule has 0 spiro atoms. The SMILES string of the molecule is CCn1nc(C)cc1CNc1ccc(F)c(C)c1. The summed E-state index contributed by atoms with van der Waals surface area (Å²) < 4.78 is 15.1. The molecule has 1 N–H and O–H groups in total. The van der Waals surface area contributed by atoms with Crippen molar-refractivity contribution in [1.29, 1.82) is 0 Å². The number of hydrogen-bond acceptors (Lipinski definition) is 2. The van der Waals surface area contributed by atoms with Crippen molar-refractivity contribution in [3.63, 3.8) is 0 Å². The van der Waals surface area contributed by atoms with Gasteiger partial charge in [-0.25, -0.2) is 4.39 Å².